The van der Waals surface area contributed by atoms with Crippen molar-refractivity contribution in [3.63, 3.8) is 0 Å². The molecule has 2 aliphatic carbocycles. The van der Waals surface area contributed by atoms with Gasteiger partial charge in [-0.3, -0.25) is 9.89 Å². The number of thiazole rings is 1. The third kappa shape index (κ3) is 2.21. The molecule has 0 spiro atoms. The number of H-pyrrole nitrogens is 1. The van der Waals surface area contributed by atoms with E-state index in [1.165, 1.54) is 52.8 Å². The van der Waals surface area contributed by atoms with Crippen LogP contribution in [0.4, 0.5) is 10.8 Å². The average molecular weight is 416 g/mol. The summed E-state index contributed by atoms with van der Waals surface area (Å²) in [4.78, 5) is 15.3. The highest BCUT2D eigenvalue weighted by Gasteiger charge is 2.54. The molecule has 3 N–H and O–H groups in total. The van der Waals surface area contributed by atoms with Gasteiger partial charge in [0.2, 0.25) is 6.41 Å². The number of aromatic nitrogens is 3. The van der Waals surface area contributed by atoms with Gasteiger partial charge in [-0.1, -0.05) is 17.4 Å². The lowest BCUT2D eigenvalue weighted by atomic mass is 9.67. The van der Waals surface area contributed by atoms with Gasteiger partial charge in [-0.2, -0.15) is 5.10 Å². The van der Waals surface area contributed by atoms with Gasteiger partial charge in [-0.05, 0) is 78.3 Å². The largest absolute Gasteiger partial charge is 0.378 e. The van der Waals surface area contributed by atoms with Crippen LogP contribution in [0.5, 0.6) is 0 Å². The Kier molecular flexibility index (Phi) is 3.39. The first-order valence-corrected chi connectivity index (χ1v) is 11.4. The van der Waals surface area contributed by atoms with Crippen molar-refractivity contribution in [3.05, 3.63) is 47.7 Å². The lowest BCUT2D eigenvalue weighted by Crippen LogP contribution is -2.35. The smallest absolute Gasteiger partial charge is 0.213 e. The fourth-order valence-corrected chi connectivity index (χ4v) is 7.46. The van der Waals surface area contributed by atoms with Crippen LogP contribution in [0.3, 0.4) is 0 Å². The molecule has 1 amide bonds. The Morgan fingerprint density at radius 1 is 1.17 bits per heavy atom. The number of fused-ring (bicyclic) bond motifs is 10. The number of benzene rings is 2. The lowest BCUT2D eigenvalue weighted by Gasteiger charge is -2.43. The molecule has 2 fully saturated rings. The van der Waals surface area contributed by atoms with E-state index in [0.29, 0.717) is 29.4 Å². The summed E-state index contributed by atoms with van der Waals surface area (Å²) in [6.07, 6.45) is 6.73. The highest BCUT2D eigenvalue weighted by Crippen LogP contribution is 2.64. The third-order valence-corrected chi connectivity index (χ3v) is 8.58. The fourth-order valence-electron chi connectivity index (χ4n) is 6.58. The summed E-state index contributed by atoms with van der Waals surface area (Å²) in [5, 5.41) is 16.0. The molecule has 2 bridgehead atoms. The van der Waals surface area contributed by atoms with Gasteiger partial charge in [0.15, 0.2) is 5.13 Å². The standard InChI is InChI=1S/C23H21N5OS/c29-10-24-23-27-16-4-3-13(8-18(16)30-23)22-20-12-2-1-11(7-12)19(20)21-14-9-25-28-15(14)5-6-17(21)26-22/h3-6,8-12,19-20,22,26H,1-2,7H2,(H,25,28)(H,24,27,29)/t11?,12?,19-,20+,22-/m0/s1. The normalized spacial score (nSPS) is 29.0. The van der Waals surface area contributed by atoms with Crippen LogP contribution in [0, 0.1) is 17.8 Å². The first-order valence-electron chi connectivity index (χ1n) is 10.6. The van der Waals surface area contributed by atoms with Gasteiger partial charge in [0, 0.05) is 11.1 Å². The molecule has 30 heavy (non-hydrogen) atoms. The summed E-state index contributed by atoms with van der Waals surface area (Å²) in [5.74, 6) is 2.75. The number of anilines is 2. The predicted molar refractivity (Wildman–Crippen MR) is 119 cm³/mol. The van der Waals surface area contributed by atoms with Gasteiger partial charge in [0.25, 0.3) is 0 Å². The van der Waals surface area contributed by atoms with Gasteiger partial charge in [-0.25, -0.2) is 4.98 Å². The van der Waals surface area contributed by atoms with Crippen molar-refractivity contribution in [1.29, 1.82) is 0 Å². The summed E-state index contributed by atoms with van der Waals surface area (Å²) in [5.41, 5.74) is 6.14. The highest BCUT2D eigenvalue weighted by atomic mass is 32.1. The second-order valence-electron chi connectivity index (χ2n) is 8.92. The van der Waals surface area contributed by atoms with Gasteiger partial charge in [0.1, 0.15) is 0 Å². The molecule has 2 unspecified atom stereocenters. The van der Waals surface area contributed by atoms with Gasteiger partial charge < -0.3 is 10.6 Å². The van der Waals surface area contributed by atoms with Crippen molar-refractivity contribution in [1.82, 2.24) is 15.2 Å². The number of rotatable bonds is 3. The Labute approximate surface area is 177 Å². The van der Waals surface area contributed by atoms with Gasteiger partial charge in [-0.15, -0.1) is 0 Å². The predicted octanol–water partition coefficient (Wildman–Crippen LogP) is 5.04. The lowest BCUT2D eigenvalue weighted by molar-refractivity contribution is -0.105. The number of hydrogen-bond donors (Lipinski definition) is 3. The SMILES string of the molecule is O=CNc1nc2ccc([C@@H]3Nc4ccc5[nH]ncc5c4[C@H]4C5CCC(C5)[C@@H]34)cc2s1. The molecule has 5 atom stereocenters. The minimum Gasteiger partial charge on any atom is -0.378 e. The minimum atomic E-state index is 0.302. The summed E-state index contributed by atoms with van der Waals surface area (Å²) in [6, 6.07) is 11.2. The number of carbonyl (C=O) groups excluding carboxylic acids is 1. The van der Waals surface area contributed by atoms with E-state index < -0.39 is 0 Å². The summed E-state index contributed by atoms with van der Waals surface area (Å²) in [7, 11) is 0. The van der Waals surface area contributed by atoms with Crippen molar-refractivity contribution in [2.24, 2.45) is 17.8 Å². The summed E-state index contributed by atoms with van der Waals surface area (Å²) >= 11 is 1.54. The Morgan fingerprint density at radius 3 is 3.03 bits per heavy atom. The zero-order valence-corrected chi connectivity index (χ0v) is 17.1. The maximum absolute atomic E-state index is 10.8. The van der Waals surface area contributed by atoms with Crippen LogP contribution in [-0.4, -0.2) is 21.6 Å². The van der Waals surface area contributed by atoms with Crippen molar-refractivity contribution < 1.29 is 4.79 Å². The van der Waals surface area contributed by atoms with E-state index in [1.807, 2.05) is 6.20 Å². The third-order valence-electron chi connectivity index (χ3n) is 7.63. The van der Waals surface area contributed by atoms with Crippen LogP contribution in [0.15, 0.2) is 36.5 Å². The number of hydrogen-bond acceptors (Lipinski definition) is 5. The van der Waals surface area contributed by atoms with Crippen LogP contribution in [0.25, 0.3) is 21.1 Å². The van der Waals surface area contributed by atoms with E-state index in [-0.39, 0.29) is 0 Å². The number of carbonyl (C=O) groups is 1. The molecular formula is C23H21N5OS. The first-order chi connectivity index (χ1) is 14.8. The van der Waals surface area contributed by atoms with E-state index in [0.717, 1.165) is 27.6 Å². The van der Waals surface area contributed by atoms with E-state index in [2.05, 4.69) is 56.1 Å². The number of nitrogens with one attached hydrogen (secondary N) is 3. The molecule has 3 heterocycles. The van der Waals surface area contributed by atoms with Crippen molar-refractivity contribution in [2.75, 3.05) is 10.6 Å². The maximum Gasteiger partial charge on any atom is 0.213 e. The van der Waals surface area contributed by atoms with Crippen molar-refractivity contribution >= 4 is 49.7 Å². The summed E-state index contributed by atoms with van der Waals surface area (Å²) in [6.45, 7) is 0. The number of aromatic amines is 1. The van der Waals surface area contributed by atoms with Gasteiger partial charge >= 0.3 is 0 Å². The van der Waals surface area contributed by atoms with Crippen molar-refractivity contribution in [2.45, 2.75) is 31.2 Å². The zero-order chi connectivity index (χ0) is 19.8. The Bertz CT molecular complexity index is 1310. The number of amides is 1. The van der Waals surface area contributed by atoms with Gasteiger partial charge in [0.05, 0.1) is 28.0 Å². The topological polar surface area (TPSA) is 82.7 Å². The Hall–Kier alpha value is -2.93. The van der Waals surface area contributed by atoms with Crippen LogP contribution in [0.2, 0.25) is 0 Å². The molecule has 7 heteroatoms. The molecule has 2 aromatic carbocycles. The minimum absolute atomic E-state index is 0.302. The molecular weight excluding hydrogens is 394 g/mol. The molecule has 1 aliphatic heterocycles. The second kappa shape index (κ2) is 6.04. The molecule has 3 aliphatic rings. The van der Waals surface area contributed by atoms with Crippen LogP contribution < -0.4 is 10.6 Å². The first kappa shape index (κ1) is 16.8. The molecule has 150 valence electrons. The number of nitrogens with zero attached hydrogens (tertiary/aromatic N) is 2. The van der Waals surface area contributed by atoms with E-state index in [1.54, 1.807) is 0 Å². The second-order valence-corrected chi connectivity index (χ2v) is 9.96. The van der Waals surface area contributed by atoms with Crippen LogP contribution in [0.1, 0.15) is 42.3 Å². The molecule has 7 rings (SSSR count). The Balaban J connectivity index is 1.38. The van der Waals surface area contributed by atoms with E-state index in [4.69, 9.17) is 0 Å². The van der Waals surface area contributed by atoms with Crippen LogP contribution >= 0.6 is 11.3 Å². The van der Waals surface area contributed by atoms with E-state index >= 15 is 0 Å². The molecule has 2 saturated carbocycles. The fraction of sp³-hybridized carbons (Fsp3) is 0.348. The maximum atomic E-state index is 10.8. The molecule has 2 aromatic heterocycles. The van der Waals surface area contributed by atoms with E-state index in [9.17, 15) is 4.79 Å². The van der Waals surface area contributed by atoms with Crippen molar-refractivity contribution in [3.8, 4) is 0 Å². The molecule has 0 radical (unpaired) electrons. The van der Waals surface area contributed by atoms with Crippen LogP contribution in [-0.2, 0) is 4.79 Å². The Morgan fingerprint density at radius 2 is 2.10 bits per heavy atom. The average Bonchev–Trinajstić information content (AvgIpc) is 3.55. The molecule has 4 aromatic rings. The highest BCUT2D eigenvalue weighted by molar-refractivity contribution is 7.22. The summed E-state index contributed by atoms with van der Waals surface area (Å²) < 4.78 is 1.12. The molecule has 0 saturated heterocycles. The quantitative estimate of drug-likeness (QED) is 0.410. The molecule has 6 nitrogen and oxygen atoms in total. The monoisotopic (exact) mass is 415 g/mol. The zero-order valence-electron chi connectivity index (χ0n) is 16.3.